The highest BCUT2D eigenvalue weighted by Gasteiger charge is 2.24. The summed E-state index contributed by atoms with van der Waals surface area (Å²) in [6, 6.07) is 4.59. The van der Waals surface area contributed by atoms with Gasteiger partial charge in [-0.1, -0.05) is 0 Å². The maximum absolute atomic E-state index is 15.0. The van der Waals surface area contributed by atoms with E-state index in [1.165, 1.54) is 12.1 Å². The molecule has 0 spiro atoms. The largest absolute Gasteiger partial charge is 0.490 e. The number of benzene rings is 1. The van der Waals surface area contributed by atoms with Gasteiger partial charge >= 0.3 is 0 Å². The topological polar surface area (TPSA) is 146 Å². The van der Waals surface area contributed by atoms with Crippen LogP contribution in [-0.2, 0) is 7.05 Å². The zero-order valence-corrected chi connectivity index (χ0v) is 18.7. The molecule has 0 aliphatic carbocycles. The number of nitrogens with two attached hydrogens (primary N) is 3. The van der Waals surface area contributed by atoms with Gasteiger partial charge in [-0.2, -0.15) is 14.6 Å². The van der Waals surface area contributed by atoms with Gasteiger partial charge < -0.3 is 21.6 Å². The normalized spacial score (nSPS) is 16.1. The number of aromatic nitrogens is 3. The first-order chi connectivity index (χ1) is 16.4. The van der Waals surface area contributed by atoms with Crippen molar-refractivity contribution < 1.29 is 13.5 Å². The smallest absolute Gasteiger partial charge is 0.202 e. The van der Waals surface area contributed by atoms with Gasteiger partial charge in [0, 0.05) is 36.6 Å². The Bertz CT molecular complexity index is 1190. The molecule has 34 heavy (non-hydrogen) atoms. The number of nitrogens with zero attached hydrogens (tertiary/aromatic N) is 5. The lowest BCUT2D eigenvalue weighted by atomic mass is 10.1. The van der Waals surface area contributed by atoms with Crippen molar-refractivity contribution in [2.75, 3.05) is 23.9 Å². The first kappa shape index (κ1) is 23.4. The van der Waals surface area contributed by atoms with Crippen molar-refractivity contribution in [1.29, 1.82) is 0 Å². The molecule has 1 saturated heterocycles. The van der Waals surface area contributed by atoms with Crippen LogP contribution in [0.1, 0.15) is 24.8 Å². The Morgan fingerprint density at radius 2 is 2.12 bits per heavy atom. The number of ether oxygens (including phenoxy) is 1. The fourth-order valence-electron chi connectivity index (χ4n) is 3.89. The summed E-state index contributed by atoms with van der Waals surface area (Å²) in [6.45, 7) is 1.23. The van der Waals surface area contributed by atoms with E-state index < -0.39 is 11.6 Å². The molecule has 3 aromatic rings. The molecule has 10 nitrogen and oxygen atoms in total. The summed E-state index contributed by atoms with van der Waals surface area (Å²) < 4.78 is 36.8. The van der Waals surface area contributed by atoms with E-state index in [0.717, 1.165) is 30.0 Å². The second kappa shape index (κ2) is 10.0. The van der Waals surface area contributed by atoms with Gasteiger partial charge in [-0.15, -0.1) is 0 Å². The van der Waals surface area contributed by atoms with Gasteiger partial charge in [0.15, 0.2) is 17.4 Å². The van der Waals surface area contributed by atoms with Gasteiger partial charge in [0.1, 0.15) is 5.82 Å². The van der Waals surface area contributed by atoms with Crippen molar-refractivity contribution in [3.63, 3.8) is 0 Å². The van der Waals surface area contributed by atoms with Gasteiger partial charge in [0.2, 0.25) is 5.82 Å². The Labute approximate surface area is 195 Å². The predicted octanol–water partition coefficient (Wildman–Crippen LogP) is 1.86. The van der Waals surface area contributed by atoms with Crippen molar-refractivity contribution in [2.45, 2.75) is 25.3 Å². The van der Waals surface area contributed by atoms with Gasteiger partial charge in [-0.3, -0.25) is 9.69 Å². The van der Waals surface area contributed by atoms with Crippen LogP contribution in [0.5, 0.6) is 5.75 Å². The van der Waals surface area contributed by atoms with Crippen LogP contribution in [0.15, 0.2) is 41.9 Å². The lowest BCUT2D eigenvalue weighted by Gasteiger charge is -2.22. The molecule has 2 aromatic heterocycles. The molecule has 0 radical (unpaired) electrons. The highest BCUT2D eigenvalue weighted by molar-refractivity contribution is 6.12. The maximum atomic E-state index is 15.0. The molecule has 1 aliphatic heterocycles. The van der Waals surface area contributed by atoms with Gasteiger partial charge in [0.25, 0.3) is 0 Å². The minimum atomic E-state index is -1.20. The number of amidine groups is 1. The molecule has 0 bridgehead atoms. The minimum Gasteiger partial charge on any atom is -0.490 e. The molecule has 1 unspecified atom stereocenters. The third-order valence-electron chi connectivity index (χ3n) is 5.72. The summed E-state index contributed by atoms with van der Waals surface area (Å²) in [7, 11) is 1.78. The predicted molar refractivity (Wildman–Crippen MR) is 126 cm³/mol. The molecule has 0 amide bonds. The van der Waals surface area contributed by atoms with Gasteiger partial charge in [0.05, 0.1) is 24.1 Å². The summed E-state index contributed by atoms with van der Waals surface area (Å²) in [6.07, 6.45) is 7.83. The number of pyridine rings is 1. The lowest BCUT2D eigenvalue weighted by molar-refractivity contribution is 0.275. The molecule has 7 N–H and O–H groups in total. The fraction of sp³-hybridized carbons (Fsp3) is 0.318. The number of hydrazine groups is 1. The van der Waals surface area contributed by atoms with E-state index in [1.54, 1.807) is 36.4 Å². The second-order valence-electron chi connectivity index (χ2n) is 8.02. The molecule has 4 rings (SSSR count). The van der Waals surface area contributed by atoms with Crippen LogP contribution in [0, 0.1) is 11.6 Å². The number of rotatable bonds is 7. The molecule has 12 heteroatoms. The lowest BCUT2D eigenvalue weighted by Crippen LogP contribution is -2.40. The molecule has 1 atom stereocenters. The Morgan fingerprint density at radius 3 is 2.79 bits per heavy atom. The van der Waals surface area contributed by atoms with Crippen molar-refractivity contribution in [1.82, 2.24) is 20.1 Å². The van der Waals surface area contributed by atoms with E-state index in [0.29, 0.717) is 18.0 Å². The maximum Gasteiger partial charge on any atom is 0.202 e. The number of halogens is 2. The number of aryl methyl sites for hydroxylation is 1. The monoisotopic (exact) mass is 471 g/mol. The Morgan fingerprint density at radius 1 is 1.29 bits per heavy atom. The Balaban J connectivity index is 1.56. The average Bonchev–Trinajstić information content (AvgIpc) is 3.50. The Kier molecular flexibility index (Phi) is 6.89. The van der Waals surface area contributed by atoms with E-state index >= 15 is 0 Å². The highest BCUT2D eigenvalue weighted by atomic mass is 19.2. The van der Waals surface area contributed by atoms with Crippen molar-refractivity contribution in [3.8, 4) is 16.9 Å². The van der Waals surface area contributed by atoms with Crippen LogP contribution in [0.25, 0.3) is 11.1 Å². The van der Waals surface area contributed by atoms with E-state index in [2.05, 4.69) is 20.5 Å². The van der Waals surface area contributed by atoms with Crippen molar-refractivity contribution >= 4 is 17.3 Å². The molecule has 1 aromatic carbocycles. The van der Waals surface area contributed by atoms with Crippen molar-refractivity contribution in [2.24, 2.45) is 23.8 Å². The standard InChI is InChI=1S/C22H27F2N9O/c1-32-12-14(11-30-32)13-9-16(21(25)29-10-13)22(31-26)33(27)17-4-5-18(20(24)19(17)23)34-8-6-15-3-2-7-28-15/h4-5,9-12,15,28H,2-3,6-8,26-27H2,1H3,(H2,25,29)/b31-22-. The number of hydrogen-bond acceptors (Lipinski definition) is 8. The van der Waals surface area contributed by atoms with Crippen LogP contribution in [-0.4, -0.2) is 39.8 Å². The number of nitrogens with one attached hydrogen (secondary N) is 1. The molecular weight excluding hydrogens is 444 g/mol. The minimum absolute atomic E-state index is 0.0636. The fourth-order valence-corrected chi connectivity index (χ4v) is 3.89. The van der Waals surface area contributed by atoms with Crippen molar-refractivity contribution in [3.05, 3.63) is 54.0 Å². The quantitative estimate of drug-likeness (QED) is 0.177. The van der Waals surface area contributed by atoms with Crippen LogP contribution in [0.3, 0.4) is 0 Å². The van der Waals surface area contributed by atoms with Crippen LogP contribution >= 0.6 is 0 Å². The summed E-state index contributed by atoms with van der Waals surface area (Å²) in [5, 5.41) is 12.0. The van der Waals surface area contributed by atoms with E-state index in [1.807, 2.05) is 0 Å². The summed E-state index contributed by atoms with van der Waals surface area (Å²) >= 11 is 0. The van der Waals surface area contributed by atoms with E-state index in [4.69, 9.17) is 22.2 Å². The number of hydrogen-bond donors (Lipinski definition) is 4. The summed E-state index contributed by atoms with van der Waals surface area (Å²) in [5.74, 6) is 9.09. The molecule has 1 fully saturated rings. The Hall–Kier alpha value is -3.77. The third kappa shape index (κ3) is 4.77. The molecular formula is C22H27F2N9O. The van der Waals surface area contributed by atoms with Gasteiger partial charge in [-0.25, -0.2) is 15.2 Å². The molecule has 180 valence electrons. The third-order valence-corrected chi connectivity index (χ3v) is 5.72. The number of nitrogen functional groups attached to an aromatic ring is 1. The zero-order valence-electron chi connectivity index (χ0n) is 18.7. The SMILES string of the molecule is Cn1cc(-c2cnc(N)c(/C(=N/N)N(N)c3ccc(OCCC4CCCN4)c(F)c3F)c2)cn1. The molecule has 0 saturated carbocycles. The van der Waals surface area contributed by atoms with Gasteiger partial charge in [-0.05, 0) is 44.0 Å². The first-order valence-corrected chi connectivity index (χ1v) is 10.8. The molecule has 3 heterocycles. The zero-order chi connectivity index (χ0) is 24.2. The van der Waals surface area contributed by atoms with E-state index in [9.17, 15) is 8.78 Å². The summed E-state index contributed by atoms with van der Waals surface area (Å²) in [5.41, 5.74) is 7.40. The second-order valence-corrected chi connectivity index (χ2v) is 8.02. The van der Waals surface area contributed by atoms with E-state index in [-0.39, 0.29) is 35.3 Å². The average molecular weight is 472 g/mol. The van der Waals surface area contributed by atoms with Crippen LogP contribution in [0.2, 0.25) is 0 Å². The van der Waals surface area contributed by atoms with Crippen LogP contribution in [0.4, 0.5) is 20.3 Å². The first-order valence-electron chi connectivity index (χ1n) is 10.8. The summed E-state index contributed by atoms with van der Waals surface area (Å²) in [4.78, 5) is 4.16. The highest BCUT2D eigenvalue weighted by Crippen LogP contribution is 2.30. The van der Waals surface area contributed by atoms with Crippen LogP contribution < -0.4 is 32.5 Å². The number of hydrazone groups is 1. The molecule has 1 aliphatic rings. The number of anilines is 2.